The number of carbonyl (C=O) groups excluding carboxylic acids is 2. The summed E-state index contributed by atoms with van der Waals surface area (Å²) in [5.74, 6) is -0.242. The molecular formula is C8H14N2O3. The van der Waals surface area contributed by atoms with E-state index in [9.17, 15) is 9.59 Å². The molecule has 0 aromatic heterocycles. The minimum Gasteiger partial charge on any atom is -0.394 e. The molecular weight excluding hydrogens is 172 g/mol. The fourth-order valence-electron chi connectivity index (χ4n) is 1.32. The van der Waals surface area contributed by atoms with Gasteiger partial charge in [0.1, 0.15) is 6.04 Å². The van der Waals surface area contributed by atoms with Gasteiger partial charge in [-0.25, -0.2) is 4.79 Å². The van der Waals surface area contributed by atoms with Gasteiger partial charge < -0.3 is 10.4 Å². The third-order valence-electron chi connectivity index (χ3n) is 2.17. The lowest BCUT2D eigenvalue weighted by Gasteiger charge is -2.18. The molecule has 1 saturated heterocycles. The standard InChI is InChI=1S/C8H14N2O3/c1-3-6-7(12)10(5(2)4-11)8(13)9-6/h5-6,11H,3-4H2,1-2H3,(H,9,13). The Kier molecular flexibility index (Phi) is 2.87. The molecule has 74 valence electrons. The molecule has 0 bridgehead atoms. The van der Waals surface area contributed by atoms with Crippen LogP contribution >= 0.6 is 0 Å². The molecule has 2 N–H and O–H groups in total. The minimum absolute atomic E-state index is 0.199. The number of nitrogens with one attached hydrogen (secondary N) is 1. The SMILES string of the molecule is CCC1NC(=O)N(C(C)CO)C1=O. The second-order valence-corrected chi connectivity index (χ2v) is 3.15. The number of amides is 3. The number of hydrogen-bond donors (Lipinski definition) is 2. The van der Waals surface area contributed by atoms with Gasteiger partial charge in [-0.3, -0.25) is 9.69 Å². The average Bonchev–Trinajstić information content (AvgIpc) is 2.40. The number of urea groups is 1. The van der Waals surface area contributed by atoms with E-state index in [4.69, 9.17) is 5.11 Å². The van der Waals surface area contributed by atoms with E-state index in [1.165, 1.54) is 0 Å². The summed E-state index contributed by atoms with van der Waals surface area (Å²) >= 11 is 0. The predicted molar refractivity (Wildman–Crippen MR) is 46.0 cm³/mol. The molecule has 1 rings (SSSR count). The van der Waals surface area contributed by atoms with Crippen LogP contribution in [0.15, 0.2) is 0 Å². The summed E-state index contributed by atoms with van der Waals surface area (Å²) in [5, 5.41) is 11.4. The molecule has 0 aliphatic carbocycles. The van der Waals surface area contributed by atoms with Gasteiger partial charge in [0.25, 0.3) is 5.91 Å². The van der Waals surface area contributed by atoms with Gasteiger partial charge in [0, 0.05) is 0 Å². The zero-order chi connectivity index (χ0) is 10.0. The van der Waals surface area contributed by atoms with E-state index in [2.05, 4.69) is 5.32 Å². The second-order valence-electron chi connectivity index (χ2n) is 3.15. The molecule has 0 aromatic carbocycles. The molecule has 5 nitrogen and oxygen atoms in total. The highest BCUT2D eigenvalue weighted by Gasteiger charge is 2.39. The van der Waals surface area contributed by atoms with Gasteiger partial charge in [-0.2, -0.15) is 0 Å². The quantitative estimate of drug-likeness (QED) is 0.594. The van der Waals surface area contributed by atoms with Crippen molar-refractivity contribution in [2.75, 3.05) is 6.61 Å². The fraction of sp³-hybridized carbons (Fsp3) is 0.750. The Morgan fingerprint density at radius 3 is 2.62 bits per heavy atom. The van der Waals surface area contributed by atoms with Crippen molar-refractivity contribution in [2.45, 2.75) is 32.4 Å². The van der Waals surface area contributed by atoms with Crippen LogP contribution in [-0.4, -0.2) is 40.6 Å². The van der Waals surface area contributed by atoms with Crippen LogP contribution in [0.25, 0.3) is 0 Å². The first-order valence-electron chi connectivity index (χ1n) is 4.36. The van der Waals surface area contributed by atoms with Crippen LogP contribution in [0.5, 0.6) is 0 Å². The largest absolute Gasteiger partial charge is 0.394 e. The first kappa shape index (κ1) is 9.98. The minimum atomic E-state index is -0.441. The van der Waals surface area contributed by atoms with Crippen molar-refractivity contribution >= 4 is 11.9 Å². The highest BCUT2D eigenvalue weighted by atomic mass is 16.3. The molecule has 1 heterocycles. The molecule has 0 spiro atoms. The normalized spacial score (nSPS) is 24.8. The Bertz CT molecular complexity index is 229. The summed E-state index contributed by atoms with van der Waals surface area (Å²) in [6.45, 7) is 3.26. The topological polar surface area (TPSA) is 69.6 Å². The maximum absolute atomic E-state index is 11.5. The average molecular weight is 186 g/mol. The zero-order valence-electron chi connectivity index (χ0n) is 7.78. The summed E-state index contributed by atoms with van der Waals surface area (Å²) in [6.07, 6.45) is 0.583. The Morgan fingerprint density at radius 1 is 1.62 bits per heavy atom. The summed E-state index contributed by atoms with van der Waals surface area (Å²) in [4.78, 5) is 23.8. The summed E-state index contributed by atoms with van der Waals surface area (Å²) < 4.78 is 0. The molecule has 5 heteroatoms. The van der Waals surface area contributed by atoms with Crippen molar-refractivity contribution in [3.05, 3.63) is 0 Å². The van der Waals surface area contributed by atoms with Gasteiger partial charge in [0.15, 0.2) is 0 Å². The van der Waals surface area contributed by atoms with Crippen LogP contribution in [0.3, 0.4) is 0 Å². The van der Waals surface area contributed by atoms with E-state index >= 15 is 0 Å². The molecule has 1 fully saturated rings. The Balaban J connectivity index is 2.75. The van der Waals surface area contributed by atoms with Gasteiger partial charge in [-0.05, 0) is 13.3 Å². The van der Waals surface area contributed by atoms with Crippen molar-refractivity contribution in [3.63, 3.8) is 0 Å². The Morgan fingerprint density at radius 2 is 2.23 bits per heavy atom. The Hall–Kier alpha value is -1.10. The molecule has 2 unspecified atom stereocenters. The van der Waals surface area contributed by atoms with Gasteiger partial charge in [0.05, 0.1) is 12.6 Å². The van der Waals surface area contributed by atoms with Gasteiger partial charge in [0.2, 0.25) is 0 Å². The van der Waals surface area contributed by atoms with E-state index in [1.807, 2.05) is 6.92 Å². The summed E-state index contributed by atoms with van der Waals surface area (Å²) in [6, 6.07) is -1.26. The van der Waals surface area contributed by atoms with Crippen LogP contribution in [-0.2, 0) is 4.79 Å². The highest BCUT2D eigenvalue weighted by molar-refractivity contribution is 6.04. The first-order chi connectivity index (χ1) is 6.11. The van der Waals surface area contributed by atoms with Gasteiger partial charge in [-0.1, -0.05) is 6.92 Å². The molecule has 0 radical (unpaired) electrons. The number of aliphatic hydroxyl groups excluding tert-OH is 1. The second kappa shape index (κ2) is 3.74. The van der Waals surface area contributed by atoms with Gasteiger partial charge in [-0.15, -0.1) is 0 Å². The van der Waals surface area contributed by atoms with Crippen molar-refractivity contribution in [1.82, 2.24) is 10.2 Å². The maximum atomic E-state index is 11.5. The lowest BCUT2D eigenvalue weighted by atomic mass is 10.2. The van der Waals surface area contributed by atoms with Crippen LogP contribution < -0.4 is 5.32 Å². The molecule has 2 atom stereocenters. The lowest BCUT2D eigenvalue weighted by molar-refractivity contribution is -0.129. The number of hydrogen-bond acceptors (Lipinski definition) is 3. The van der Waals surface area contributed by atoms with Crippen LogP contribution in [0.2, 0.25) is 0 Å². The van der Waals surface area contributed by atoms with Crippen LogP contribution in [0.4, 0.5) is 4.79 Å². The van der Waals surface area contributed by atoms with Crippen LogP contribution in [0, 0.1) is 0 Å². The molecule has 1 aliphatic heterocycles. The predicted octanol–water partition coefficient (Wildman–Crippen LogP) is -0.302. The highest BCUT2D eigenvalue weighted by Crippen LogP contribution is 2.12. The molecule has 0 saturated carbocycles. The van der Waals surface area contributed by atoms with E-state index < -0.39 is 18.1 Å². The van der Waals surface area contributed by atoms with E-state index in [0.29, 0.717) is 6.42 Å². The van der Waals surface area contributed by atoms with Crippen LogP contribution in [0.1, 0.15) is 20.3 Å². The van der Waals surface area contributed by atoms with Gasteiger partial charge >= 0.3 is 6.03 Å². The maximum Gasteiger partial charge on any atom is 0.325 e. The molecule has 0 aromatic rings. The van der Waals surface area contributed by atoms with E-state index in [1.54, 1.807) is 6.92 Å². The monoisotopic (exact) mass is 186 g/mol. The molecule has 1 aliphatic rings. The van der Waals surface area contributed by atoms with Crippen molar-refractivity contribution in [1.29, 1.82) is 0 Å². The number of aliphatic hydroxyl groups is 1. The smallest absolute Gasteiger partial charge is 0.325 e. The van der Waals surface area contributed by atoms with Crippen molar-refractivity contribution in [3.8, 4) is 0 Å². The van der Waals surface area contributed by atoms with E-state index in [-0.39, 0.29) is 12.5 Å². The Labute approximate surface area is 76.7 Å². The summed E-state index contributed by atoms with van der Waals surface area (Å²) in [5.41, 5.74) is 0. The van der Waals surface area contributed by atoms with E-state index in [0.717, 1.165) is 4.90 Å². The number of imide groups is 1. The number of nitrogens with zero attached hydrogens (tertiary/aromatic N) is 1. The number of carbonyl (C=O) groups is 2. The lowest BCUT2D eigenvalue weighted by Crippen LogP contribution is -2.41. The number of rotatable bonds is 3. The third-order valence-corrected chi connectivity index (χ3v) is 2.17. The van der Waals surface area contributed by atoms with Crippen molar-refractivity contribution < 1.29 is 14.7 Å². The molecule has 3 amide bonds. The fourth-order valence-corrected chi connectivity index (χ4v) is 1.32. The molecule has 13 heavy (non-hydrogen) atoms. The summed E-state index contributed by atoms with van der Waals surface area (Å²) in [7, 11) is 0. The zero-order valence-corrected chi connectivity index (χ0v) is 7.78. The first-order valence-corrected chi connectivity index (χ1v) is 4.36. The van der Waals surface area contributed by atoms with Crippen molar-refractivity contribution in [2.24, 2.45) is 0 Å². The third kappa shape index (κ3) is 1.65.